The highest BCUT2D eigenvalue weighted by Gasteiger charge is 2.42. The number of nitrogens with one attached hydrogen (secondary N) is 2. The van der Waals surface area contributed by atoms with Crippen LogP contribution in [0.4, 0.5) is 8.78 Å². The van der Waals surface area contributed by atoms with Crippen LogP contribution in [-0.2, 0) is 0 Å². The topological polar surface area (TPSA) is 36.4 Å². The summed E-state index contributed by atoms with van der Waals surface area (Å²) in [6.45, 7) is 1.71. The second kappa shape index (κ2) is 4.55. The molecule has 1 aromatic rings. The van der Waals surface area contributed by atoms with Crippen LogP contribution in [0.2, 0.25) is 0 Å². The second-order valence-electron chi connectivity index (χ2n) is 4.74. The molecule has 0 aromatic heterocycles. The molecule has 0 amide bonds. The average molecular weight is 251 g/mol. The third kappa shape index (κ3) is 2.17. The molecule has 0 saturated heterocycles. The maximum atomic E-state index is 13.6. The average Bonchev–Trinajstić information content (AvgIpc) is 3.09. The van der Waals surface area contributed by atoms with E-state index in [0.717, 1.165) is 31.9 Å². The molecule has 3 rings (SSSR count). The minimum absolute atomic E-state index is 0.0840. The van der Waals surface area contributed by atoms with Crippen LogP contribution >= 0.6 is 0 Å². The molecule has 2 atom stereocenters. The van der Waals surface area contributed by atoms with Crippen molar-refractivity contribution < 1.29 is 8.78 Å². The number of guanidine groups is 1. The lowest BCUT2D eigenvalue weighted by molar-refractivity contribution is 0.553. The minimum Gasteiger partial charge on any atom is -0.356 e. The predicted molar refractivity (Wildman–Crippen MR) is 65.6 cm³/mol. The van der Waals surface area contributed by atoms with E-state index in [1.54, 1.807) is 0 Å². The number of rotatable bonds is 2. The zero-order valence-electron chi connectivity index (χ0n) is 9.92. The Hall–Kier alpha value is -1.65. The third-order valence-electron chi connectivity index (χ3n) is 3.38. The van der Waals surface area contributed by atoms with Gasteiger partial charge >= 0.3 is 0 Å². The Morgan fingerprint density at radius 3 is 2.72 bits per heavy atom. The van der Waals surface area contributed by atoms with Crippen molar-refractivity contribution in [2.75, 3.05) is 13.1 Å². The van der Waals surface area contributed by atoms with Crippen LogP contribution in [-0.4, -0.2) is 25.1 Å². The molecule has 1 saturated carbocycles. The Kier molecular flexibility index (Phi) is 2.89. The Bertz CT molecular complexity index is 467. The Morgan fingerprint density at radius 2 is 2.06 bits per heavy atom. The van der Waals surface area contributed by atoms with Gasteiger partial charge in [-0.2, -0.15) is 0 Å². The standard InChI is InChI=1S/C13H15F2N3/c14-9-3-1-4-10(15)12(9)8-7-11(8)18-13-16-5-2-6-17-13/h1,3-4,8,11H,2,5-7H2,(H2,16,17,18). The van der Waals surface area contributed by atoms with Crippen molar-refractivity contribution in [1.29, 1.82) is 0 Å². The SMILES string of the molecule is Fc1cccc(F)c1C1CC1NC1=NCCCN1. The van der Waals surface area contributed by atoms with Gasteiger partial charge in [-0.15, -0.1) is 0 Å². The van der Waals surface area contributed by atoms with E-state index in [4.69, 9.17) is 0 Å². The van der Waals surface area contributed by atoms with Crippen molar-refractivity contribution in [1.82, 2.24) is 10.6 Å². The van der Waals surface area contributed by atoms with Crippen LogP contribution in [0.5, 0.6) is 0 Å². The second-order valence-corrected chi connectivity index (χ2v) is 4.74. The summed E-state index contributed by atoms with van der Waals surface area (Å²) in [6.07, 6.45) is 1.78. The summed E-state index contributed by atoms with van der Waals surface area (Å²) >= 11 is 0. The minimum atomic E-state index is -0.456. The summed E-state index contributed by atoms with van der Waals surface area (Å²) in [7, 11) is 0. The van der Waals surface area contributed by atoms with Crippen molar-refractivity contribution in [2.45, 2.75) is 24.8 Å². The predicted octanol–water partition coefficient (Wildman–Crippen LogP) is 1.76. The van der Waals surface area contributed by atoms with Gasteiger partial charge in [0.2, 0.25) is 0 Å². The van der Waals surface area contributed by atoms with Gasteiger partial charge in [-0.1, -0.05) is 6.07 Å². The van der Waals surface area contributed by atoms with E-state index in [1.807, 2.05) is 0 Å². The van der Waals surface area contributed by atoms with Gasteiger partial charge in [0, 0.05) is 30.6 Å². The van der Waals surface area contributed by atoms with Crippen LogP contribution in [0.3, 0.4) is 0 Å². The summed E-state index contributed by atoms with van der Waals surface area (Å²) in [4.78, 5) is 4.29. The van der Waals surface area contributed by atoms with Crippen LogP contribution in [0, 0.1) is 11.6 Å². The zero-order chi connectivity index (χ0) is 12.5. The molecular formula is C13H15F2N3. The van der Waals surface area contributed by atoms with Crippen molar-refractivity contribution >= 4 is 5.96 Å². The number of hydrogen-bond acceptors (Lipinski definition) is 3. The quantitative estimate of drug-likeness (QED) is 0.840. The van der Waals surface area contributed by atoms with E-state index in [9.17, 15) is 8.78 Å². The fourth-order valence-corrected chi connectivity index (χ4v) is 2.34. The van der Waals surface area contributed by atoms with Crippen LogP contribution in [0.1, 0.15) is 24.3 Å². The number of hydrogen-bond donors (Lipinski definition) is 2. The summed E-state index contributed by atoms with van der Waals surface area (Å²) in [6, 6.07) is 4.10. The first-order valence-corrected chi connectivity index (χ1v) is 6.24. The molecule has 1 fully saturated rings. The van der Waals surface area contributed by atoms with Gasteiger partial charge in [0.15, 0.2) is 5.96 Å². The lowest BCUT2D eigenvalue weighted by Gasteiger charge is -2.16. The summed E-state index contributed by atoms with van der Waals surface area (Å²) in [5, 5.41) is 6.34. The third-order valence-corrected chi connectivity index (χ3v) is 3.38. The van der Waals surface area contributed by atoms with Crippen LogP contribution < -0.4 is 10.6 Å². The molecule has 2 unspecified atom stereocenters. The summed E-state index contributed by atoms with van der Waals surface area (Å²) in [5.41, 5.74) is 0.200. The van der Waals surface area contributed by atoms with Crippen molar-refractivity contribution in [2.24, 2.45) is 4.99 Å². The molecule has 1 aliphatic carbocycles. The van der Waals surface area contributed by atoms with E-state index in [1.165, 1.54) is 18.2 Å². The summed E-state index contributed by atoms with van der Waals surface area (Å²) in [5.74, 6) is -0.242. The summed E-state index contributed by atoms with van der Waals surface area (Å²) < 4.78 is 27.2. The maximum Gasteiger partial charge on any atom is 0.191 e. The van der Waals surface area contributed by atoms with E-state index < -0.39 is 11.6 Å². The van der Waals surface area contributed by atoms with Gasteiger partial charge in [-0.25, -0.2) is 8.78 Å². The van der Waals surface area contributed by atoms with Gasteiger partial charge in [0.1, 0.15) is 11.6 Å². The molecule has 0 spiro atoms. The molecular weight excluding hydrogens is 236 g/mol. The monoisotopic (exact) mass is 251 g/mol. The largest absolute Gasteiger partial charge is 0.356 e. The molecule has 2 N–H and O–H groups in total. The lowest BCUT2D eigenvalue weighted by Crippen LogP contribution is -2.42. The highest BCUT2D eigenvalue weighted by molar-refractivity contribution is 5.81. The van der Waals surface area contributed by atoms with E-state index in [2.05, 4.69) is 15.6 Å². The molecule has 96 valence electrons. The van der Waals surface area contributed by atoms with Crippen molar-refractivity contribution in [3.63, 3.8) is 0 Å². The Balaban J connectivity index is 1.68. The zero-order valence-corrected chi connectivity index (χ0v) is 9.92. The highest BCUT2D eigenvalue weighted by atomic mass is 19.1. The van der Waals surface area contributed by atoms with E-state index >= 15 is 0 Å². The van der Waals surface area contributed by atoms with Crippen molar-refractivity contribution in [3.8, 4) is 0 Å². The fourth-order valence-electron chi connectivity index (χ4n) is 2.34. The number of benzene rings is 1. The first-order valence-electron chi connectivity index (χ1n) is 6.24. The molecule has 3 nitrogen and oxygen atoms in total. The van der Waals surface area contributed by atoms with Gasteiger partial charge in [-0.3, -0.25) is 4.99 Å². The van der Waals surface area contributed by atoms with Crippen molar-refractivity contribution in [3.05, 3.63) is 35.4 Å². The van der Waals surface area contributed by atoms with Crippen LogP contribution in [0.15, 0.2) is 23.2 Å². The van der Waals surface area contributed by atoms with Gasteiger partial charge in [-0.05, 0) is 25.0 Å². The Labute approximate surface area is 104 Å². The van der Waals surface area contributed by atoms with Crippen LogP contribution in [0.25, 0.3) is 0 Å². The van der Waals surface area contributed by atoms with Gasteiger partial charge < -0.3 is 10.6 Å². The van der Waals surface area contributed by atoms with E-state index in [0.29, 0.717) is 0 Å². The van der Waals surface area contributed by atoms with Gasteiger partial charge in [0.05, 0.1) is 0 Å². The highest BCUT2D eigenvalue weighted by Crippen LogP contribution is 2.43. The number of nitrogens with zero attached hydrogens (tertiary/aromatic N) is 1. The fraction of sp³-hybridized carbons (Fsp3) is 0.462. The molecule has 1 aliphatic heterocycles. The normalized spacial score (nSPS) is 26.2. The molecule has 5 heteroatoms. The molecule has 2 aliphatic rings. The number of halogens is 2. The molecule has 0 bridgehead atoms. The lowest BCUT2D eigenvalue weighted by atomic mass is 10.1. The molecule has 1 heterocycles. The maximum absolute atomic E-state index is 13.6. The first kappa shape index (κ1) is 11.4. The molecule has 0 radical (unpaired) electrons. The molecule has 1 aromatic carbocycles. The smallest absolute Gasteiger partial charge is 0.191 e. The van der Waals surface area contributed by atoms with Gasteiger partial charge in [0.25, 0.3) is 0 Å². The first-order chi connectivity index (χ1) is 8.75. The number of aliphatic imine (C=N–C) groups is 1. The molecule has 18 heavy (non-hydrogen) atoms. The Morgan fingerprint density at radius 1 is 1.28 bits per heavy atom. The van der Waals surface area contributed by atoms with E-state index in [-0.39, 0.29) is 17.5 Å².